The minimum atomic E-state index is -0.0905. The molecule has 0 spiro atoms. The van der Waals surface area contributed by atoms with Crippen LogP contribution in [0.3, 0.4) is 0 Å². The summed E-state index contributed by atoms with van der Waals surface area (Å²) in [5.41, 5.74) is 3.20. The first-order chi connectivity index (χ1) is 15.6. The molecule has 0 aliphatic carbocycles. The van der Waals surface area contributed by atoms with Gasteiger partial charge in [0.15, 0.2) is 0 Å². The highest BCUT2D eigenvalue weighted by Crippen LogP contribution is 2.22. The second kappa shape index (κ2) is 15.4. The number of aryl methyl sites for hydroxylation is 1. The molecule has 32 heavy (non-hydrogen) atoms. The Morgan fingerprint density at radius 3 is 2.31 bits per heavy atom. The number of hydrogen-bond acceptors (Lipinski definition) is 4. The Kier molecular flexibility index (Phi) is 12.5. The quantitative estimate of drug-likeness (QED) is 0.200. The number of carbonyl (C=O) groups is 1. The molecule has 0 amide bonds. The van der Waals surface area contributed by atoms with Gasteiger partial charge in [0.2, 0.25) is 0 Å². The first-order valence-corrected chi connectivity index (χ1v) is 12.5. The van der Waals surface area contributed by atoms with Crippen LogP contribution in [0.15, 0.2) is 42.6 Å². The summed E-state index contributed by atoms with van der Waals surface area (Å²) in [6.45, 7) is 7.06. The van der Waals surface area contributed by atoms with Crippen LogP contribution in [-0.2, 0) is 16.0 Å². The zero-order chi connectivity index (χ0) is 23.0. The van der Waals surface area contributed by atoms with Crippen molar-refractivity contribution in [1.82, 2.24) is 4.98 Å². The Hall–Kier alpha value is -2.36. The van der Waals surface area contributed by atoms with Gasteiger partial charge >= 0.3 is 5.97 Å². The van der Waals surface area contributed by atoms with Crippen LogP contribution in [0, 0.1) is 0 Å². The van der Waals surface area contributed by atoms with Crippen molar-refractivity contribution in [3.63, 3.8) is 0 Å². The molecule has 2 aromatic rings. The van der Waals surface area contributed by atoms with E-state index < -0.39 is 0 Å². The highest BCUT2D eigenvalue weighted by Gasteiger charge is 2.09. The van der Waals surface area contributed by atoms with E-state index in [9.17, 15) is 4.79 Å². The van der Waals surface area contributed by atoms with Crippen LogP contribution in [0.2, 0.25) is 0 Å². The van der Waals surface area contributed by atoms with Crippen molar-refractivity contribution < 1.29 is 14.3 Å². The van der Waals surface area contributed by atoms with Crippen LogP contribution >= 0.6 is 0 Å². The number of esters is 1. The molecule has 2 rings (SSSR count). The van der Waals surface area contributed by atoms with Gasteiger partial charge in [-0.25, -0.2) is 0 Å². The van der Waals surface area contributed by atoms with E-state index in [2.05, 4.69) is 43.1 Å². The smallest absolute Gasteiger partial charge is 0.306 e. The third-order valence-corrected chi connectivity index (χ3v) is 5.65. The first kappa shape index (κ1) is 25.9. The number of benzene rings is 1. The summed E-state index contributed by atoms with van der Waals surface area (Å²) in [6.07, 6.45) is 13.6. The largest absolute Gasteiger partial charge is 0.494 e. The first-order valence-electron chi connectivity index (χ1n) is 12.5. The van der Waals surface area contributed by atoms with E-state index in [1.54, 1.807) is 0 Å². The van der Waals surface area contributed by atoms with Gasteiger partial charge in [-0.15, -0.1) is 0 Å². The van der Waals surface area contributed by atoms with Crippen molar-refractivity contribution in [3.05, 3.63) is 48.2 Å². The van der Waals surface area contributed by atoms with Gasteiger partial charge in [0.05, 0.1) is 18.4 Å². The monoisotopic (exact) mass is 439 g/mol. The summed E-state index contributed by atoms with van der Waals surface area (Å²) in [6, 6.07) is 12.3. The number of hydrogen-bond donors (Lipinski definition) is 0. The summed E-state index contributed by atoms with van der Waals surface area (Å²) in [4.78, 5) is 16.3. The van der Waals surface area contributed by atoms with Crippen LogP contribution in [0.25, 0.3) is 11.3 Å². The highest BCUT2D eigenvalue weighted by molar-refractivity contribution is 5.69. The van der Waals surface area contributed by atoms with Crippen LogP contribution in [0.5, 0.6) is 5.75 Å². The van der Waals surface area contributed by atoms with Gasteiger partial charge < -0.3 is 9.47 Å². The topological polar surface area (TPSA) is 48.4 Å². The molecule has 1 heterocycles. The summed E-state index contributed by atoms with van der Waals surface area (Å²) in [5, 5.41) is 0. The summed E-state index contributed by atoms with van der Waals surface area (Å²) in [5.74, 6) is 0.827. The Morgan fingerprint density at radius 2 is 1.62 bits per heavy atom. The van der Waals surface area contributed by atoms with Crippen molar-refractivity contribution in [2.24, 2.45) is 0 Å². The predicted molar refractivity (Wildman–Crippen MR) is 132 cm³/mol. The number of carbonyl (C=O) groups excluding carboxylic acids is 1. The third-order valence-electron chi connectivity index (χ3n) is 5.65. The average molecular weight is 440 g/mol. The molecule has 4 nitrogen and oxygen atoms in total. The molecule has 0 N–H and O–H groups in total. The minimum absolute atomic E-state index is 0.0667. The molecular weight excluding hydrogens is 398 g/mol. The van der Waals surface area contributed by atoms with E-state index in [-0.39, 0.29) is 12.1 Å². The number of ether oxygens (including phenoxy) is 2. The molecule has 0 fully saturated rings. The van der Waals surface area contributed by atoms with Crippen molar-refractivity contribution >= 4 is 5.97 Å². The maximum atomic E-state index is 11.7. The lowest BCUT2D eigenvalue weighted by Crippen LogP contribution is -2.15. The highest BCUT2D eigenvalue weighted by atomic mass is 16.5. The fourth-order valence-corrected chi connectivity index (χ4v) is 3.57. The van der Waals surface area contributed by atoms with Gasteiger partial charge in [-0.3, -0.25) is 9.78 Å². The van der Waals surface area contributed by atoms with Gasteiger partial charge in [0.25, 0.3) is 0 Å². The Bertz CT molecular complexity index is 755. The van der Waals surface area contributed by atoms with Gasteiger partial charge in [-0.05, 0) is 68.5 Å². The molecular formula is C28H41NO3. The Labute approximate surface area is 194 Å². The molecule has 0 bridgehead atoms. The van der Waals surface area contributed by atoms with Crippen LogP contribution in [0.1, 0.15) is 90.5 Å². The van der Waals surface area contributed by atoms with E-state index in [4.69, 9.17) is 9.47 Å². The van der Waals surface area contributed by atoms with Gasteiger partial charge in [0, 0.05) is 18.2 Å². The molecule has 0 aliphatic rings. The van der Waals surface area contributed by atoms with Crippen LogP contribution in [-0.4, -0.2) is 23.7 Å². The maximum Gasteiger partial charge on any atom is 0.306 e. The van der Waals surface area contributed by atoms with E-state index in [0.29, 0.717) is 6.42 Å². The minimum Gasteiger partial charge on any atom is -0.494 e. The Balaban J connectivity index is 1.72. The average Bonchev–Trinajstić information content (AvgIpc) is 2.81. The third kappa shape index (κ3) is 10.3. The lowest BCUT2D eigenvalue weighted by molar-refractivity contribution is -0.148. The fraction of sp³-hybridized carbons (Fsp3) is 0.571. The molecule has 1 atom stereocenters. The van der Waals surface area contributed by atoms with Gasteiger partial charge in [-0.2, -0.15) is 0 Å². The summed E-state index contributed by atoms with van der Waals surface area (Å²) >= 11 is 0. The van der Waals surface area contributed by atoms with Gasteiger partial charge in [-0.1, -0.05) is 58.4 Å². The number of pyridine rings is 1. The normalized spacial score (nSPS) is 11.8. The molecule has 4 heteroatoms. The van der Waals surface area contributed by atoms with E-state index in [0.717, 1.165) is 61.3 Å². The number of nitrogens with zero attached hydrogens (tertiary/aromatic N) is 1. The lowest BCUT2D eigenvalue weighted by atomic mass is 10.1. The van der Waals surface area contributed by atoms with Crippen molar-refractivity contribution in [3.8, 4) is 17.0 Å². The molecule has 0 aliphatic heterocycles. The molecule has 176 valence electrons. The van der Waals surface area contributed by atoms with E-state index >= 15 is 0 Å². The number of aromatic nitrogens is 1. The predicted octanol–water partition coefficient (Wildman–Crippen LogP) is 7.54. The lowest BCUT2D eigenvalue weighted by Gasteiger charge is -2.13. The molecule has 1 aromatic heterocycles. The SMILES string of the molecule is CCCCCCCCOc1ccc(-c2ccc(CCC(C)OC(=O)CCCC)cn2)cc1. The molecule has 0 saturated carbocycles. The zero-order valence-corrected chi connectivity index (χ0v) is 20.3. The summed E-state index contributed by atoms with van der Waals surface area (Å²) < 4.78 is 11.3. The summed E-state index contributed by atoms with van der Waals surface area (Å²) in [7, 11) is 0. The van der Waals surface area contributed by atoms with Crippen LogP contribution in [0.4, 0.5) is 0 Å². The molecule has 0 radical (unpaired) electrons. The molecule has 1 unspecified atom stereocenters. The van der Waals surface area contributed by atoms with Crippen LogP contribution < -0.4 is 4.74 Å². The number of rotatable bonds is 16. The van der Waals surface area contributed by atoms with E-state index in [1.807, 2.05) is 25.3 Å². The molecule has 1 aromatic carbocycles. The maximum absolute atomic E-state index is 11.7. The van der Waals surface area contributed by atoms with Gasteiger partial charge in [0.1, 0.15) is 5.75 Å². The van der Waals surface area contributed by atoms with E-state index in [1.165, 1.54) is 32.1 Å². The zero-order valence-electron chi connectivity index (χ0n) is 20.3. The second-order valence-corrected chi connectivity index (χ2v) is 8.63. The molecule has 0 saturated heterocycles. The standard InChI is InChI=1S/C28H41NO3/c1-4-6-8-9-10-11-21-31-26-18-16-25(17-19-26)27-20-15-24(22-29-27)14-13-23(3)32-28(30)12-7-5-2/h15-20,22-23H,4-14,21H2,1-3H3. The fourth-order valence-electron chi connectivity index (χ4n) is 3.57. The second-order valence-electron chi connectivity index (χ2n) is 8.63. The van der Waals surface area contributed by atoms with Crippen molar-refractivity contribution in [2.75, 3.05) is 6.61 Å². The number of unbranched alkanes of at least 4 members (excludes halogenated alkanes) is 6. The van der Waals surface area contributed by atoms with Crippen molar-refractivity contribution in [2.45, 2.75) is 97.5 Å². The Morgan fingerprint density at radius 1 is 0.906 bits per heavy atom. The van der Waals surface area contributed by atoms with Crippen molar-refractivity contribution in [1.29, 1.82) is 0 Å².